The van der Waals surface area contributed by atoms with E-state index in [-0.39, 0.29) is 0 Å². The molecule has 2 aromatic heterocycles. The number of hydrogen-bond donors (Lipinski definition) is 1. The van der Waals surface area contributed by atoms with E-state index in [9.17, 15) is 0 Å². The fourth-order valence-corrected chi connectivity index (χ4v) is 3.85. The number of aromatic nitrogens is 3. The van der Waals surface area contributed by atoms with Gasteiger partial charge in [-0.2, -0.15) is 5.10 Å². The lowest BCUT2D eigenvalue weighted by Gasteiger charge is -2.32. The van der Waals surface area contributed by atoms with Gasteiger partial charge in [-0.3, -0.25) is 14.6 Å². The number of rotatable bonds is 6. The molecule has 1 unspecified atom stereocenters. The average molecular weight is 361 g/mol. The van der Waals surface area contributed by atoms with E-state index in [4.69, 9.17) is 5.10 Å². The molecule has 0 radical (unpaired) electrons. The van der Waals surface area contributed by atoms with Crippen molar-refractivity contribution in [1.82, 2.24) is 25.0 Å². The van der Waals surface area contributed by atoms with Gasteiger partial charge in [0, 0.05) is 48.8 Å². The lowest BCUT2D eigenvalue weighted by atomic mass is 10.0. The molecule has 3 aromatic rings. The first-order chi connectivity index (χ1) is 13.3. The highest BCUT2D eigenvalue weighted by molar-refractivity contribution is 5.61. The molecule has 3 heterocycles. The topological polar surface area (TPSA) is 46.0 Å². The minimum absolute atomic E-state index is 0.583. The zero-order valence-electron chi connectivity index (χ0n) is 15.9. The number of nitrogens with zero attached hydrogens (tertiary/aromatic N) is 4. The second-order valence-corrected chi connectivity index (χ2v) is 7.29. The molecular weight excluding hydrogens is 334 g/mol. The Bertz CT molecular complexity index is 844. The summed E-state index contributed by atoms with van der Waals surface area (Å²) in [6, 6.07) is 15.2. The van der Waals surface area contributed by atoms with E-state index in [2.05, 4.69) is 63.5 Å². The largest absolute Gasteiger partial charge is 0.316 e. The van der Waals surface area contributed by atoms with E-state index in [0.29, 0.717) is 6.04 Å². The van der Waals surface area contributed by atoms with E-state index >= 15 is 0 Å². The average Bonchev–Trinajstić information content (AvgIpc) is 3.11. The molecule has 0 amide bonds. The number of likely N-dealkylation sites (tertiary alicyclic amines) is 1. The van der Waals surface area contributed by atoms with Gasteiger partial charge in [0.05, 0.1) is 12.2 Å². The van der Waals surface area contributed by atoms with E-state index < -0.39 is 0 Å². The first kappa shape index (κ1) is 17.9. The van der Waals surface area contributed by atoms with Crippen LogP contribution in [0.1, 0.15) is 24.0 Å². The zero-order chi connectivity index (χ0) is 18.5. The lowest BCUT2D eigenvalue weighted by molar-refractivity contribution is 0.188. The maximum atomic E-state index is 4.91. The fourth-order valence-electron chi connectivity index (χ4n) is 3.85. The Labute approximate surface area is 161 Å². The van der Waals surface area contributed by atoms with E-state index in [1.54, 1.807) is 0 Å². The summed E-state index contributed by atoms with van der Waals surface area (Å²) in [4.78, 5) is 6.83. The highest BCUT2D eigenvalue weighted by Crippen LogP contribution is 2.24. The predicted molar refractivity (Wildman–Crippen MR) is 108 cm³/mol. The van der Waals surface area contributed by atoms with Crippen LogP contribution in [0, 0.1) is 0 Å². The van der Waals surface area contributed by atoms with Gasteiger partial charge < -0.3 is 5.32 Å². The smallest absolute Gasteiger partial charge is 0.0983 e. The summed E-state index contributed by atoms with van der Waals surface area (Å²) in [5.74, 6) is 0. The van der Waals surface area contributed by atoms with Crippen LogP contribution in [0.5, 0.6) is 0 Å². The molecule has 1 fully saturated rings. The van der Waals surface area contributed by atoms with Crippen LogP contribution in [0.4, 0.5) is 0 Å². The molecular formula is C22H27N5. The number of nitrogens with one attached hydrogen (secondary N) is 1. The highest BCUT2D eigenvalue weighted by Gasteiger charge is 2.21. The van der Waals surface area contributed by atoms with E-state index in [1.807, 2.05) is 24.5 Å². The van der Waals surface area contributed by atoms with Crippen molar-refractivity contribution in [2.24, 2.45) is 0 Å². The second kappa shape index (κ2) is 8.46. The van der Waals surface area contributed by atoms with Crippen molar-refractivity contribution in [3.05, 3.63) is 72.2 Å². The number of likely N-dealkylation sites (N-methyl/N-ethyl adjacent to an activating group) is 1. The van der Waals surface area contributed by atoms with Crippen molar-refractivity contribution >= 4 is 0 Å². The Morgan fingerprint density at radius 3 is 2.78 bits per heavy atom. The molecule has 1 atom stereocenters. The van der Waals surface area contributed by atoms with Crippen molar-refractivity contribution in [3.8, 4) is 11.3 Å². The molecule has 27 heavy (non-hydrogen) atoms. The molecule has 0 spiro atoms. The van der Waals surface area contributed by atoms with Crippen molar-refractivity contribution in [2.75, 3.05) is 20.1 Å². The summed E-state index contributed by atoms with van der Waals surface area (Å²) in [6.45, 7) is 3.95. The molecule has 1 aromatic carbocycles. The summed E-state index contributed by atoms with van der Waals surface area (Å²) in [7, 11) is 2.06. The Balaban J connectivity index is 1.60. The van der Waals surface area contributed by atoms with Crippen LogP contribution in [0.2, 0.25) is 0 Å². The van der Waals surface area contributed by atoms with Gasteiger partial charge in [-0.1, -0.05) is 30.3 Å². The van der Waals surface area contributed by atoms with Gasteiger partial charge in [0.1, 0.15) is 0 Å². The molecule has 1 aliphatic rings. The van der Waals surface area contributed by atoms with Gasteiger partial charge >= 0.3 is 0 Å². The summed E-state index contributed by atoms with van der Waals surface area (Å²) in [6.07, 6.45) is 8.43. The van der Waals surface area contributed by atoms with Gasteiger partial charge in [0.2, 0.25) is 0 Å². The van der Waals surface area contributed by atoms with Gasteiger partial charge in [0.25, 0.3) is 0 Å². The Hall–Kier alpha value is -2.50. The Kier molecular flexibility index (Phi) is 5.61. The van der Waals surface area contributed by atoms with Gasteiger partial charge in [-0.05, 0) is 44.1 Å². The fraction of sp³-hybridized carbons (Fsp3) is 0.364. The number of piperidine rings is 1. The molecule has 0 bridgehead atoms. The normalized spacial score (nSPS) is 17.9. The molecule has 1 N–H and O–H groups in total. The molecule has 4 rings (SSSR count). The first-order valence-corrected chi connectivity index (χ1v) is 9.72. The van der Waals surface area contributed by atoms with Gasteiger partial charge in [-0.25, -0.2) is 0 Å². The third kappa shape index (κ3) is 4.43. The van der Waals surface area contributed by atoms with Crippen LogP contribution < -0.4 is 5.32 Å². The first-order valence-electron chi connectivity index (χ1n) is 9.72. The second-order valence-electron chi connectivity index (χ2n) is 7.29. The zero-order valence-corrected chi connectivity index (χ0v) is 15.9. The maximum absolute atomic E-state index is 4.91. The Morgan fingerprint density at radius 2 is 2.00 bits per heavy atom. The monoisotopic (exact) mass is 361 g/mol. The summed E-state index contributed by atoms with van der Waals surface area (Å²) in [5.41, 5.74) is 4.67. The molecule has 0 saturated carbocycles. The number of pyridine rings is 1. The summed E-state index contributed by atoms with van der Waals surface area (Å²) in [5, 5.41) is 8.35. The van der Waals surface area contributed by atoms with Crippen molar-refractivity contribution in [1.29, 1.82) is 0 Å². The highest BCUT2D eigenvalue weighted by atomic mass is 15.3. The van der Waals surface area contributed by atoms with E-state index in [1.165, 1.54) is 24.0 Å². The van der Waals surface area contributed by atoms with Crippen LogP contribution in [0.25, 0.3) is 11.3 Å². The molecule has 140 valence electrons. The molecule has 5 nitrogen and oxygen atoms in total. The van der Waals surface area contributed by atoms with Crippen molar-refractivity contribution in [3.63, 3.8) is 0 Å². The molecule has 5 heteroatoms. The minimum atomic E-state index is 0.583. The van der Waals surface area contributed by atoms with Crippen LogP contribution in [0.15, 0.2) is 61.1 Å². The third-order valence-corrected chi connectivity index (χ3v) is 5.27. The number of benzene rings is 1. The number of hydrogen-bond acceptors (Lipinski definition) is 4. The quantitative estimate of drug-likeness (QED) is 0.732. The summed E-state index contributed by atoms with van der Waals surface area (Å²) >= 11 is 0. The third-order valence-electron chi connectivity index (χ3n) is 5.27. The van der Waals surface area contributed by atoms with Crippen LogP contribution in [-0.2, 0) is 13.1 Å². The summed E-state index contributed by atoms with van der Waals surface area (Å²) < 4.78 is 2.06. The predicted octanol–water partition coefficient (Wildman–Crippen LogP) is 3.18. The molecule has 1 aliphatic heterocycles. The van der Waals surface area contributed by atoms with Crippen molar-refractivity contribution in [2.45, 2.75) is 32.0 Å². The van der Waals surface area contributed by atoms with E-state index in [0.717, 1.165) is 37.4 Å². The molecule has 1 saturated heterocycles. The maximum Gasteiger partial charge on any atom is 0.0983 e. The van der Waals surface area contributed by atoms with Gasteiger partial charge in [-0.15, -0.1) is 0 Å². The Morgan fingerprint density at radius 1 is 1.11 bits per heavy atom. The van der Waals surface area contributed by atoms with Crippen molar-refractivity contribution < 1.29 is 0 Å². The van der Waals surface area contributed by atoms with Gasteiger partial charge in [0.15, 0.2) is 0 Å². The van der Waals surface area contributed by atoms with Crippen LogP contribution in [0.3, 0.4) is 0 Å². The van der Waals surface area contributed by atoms with Crippen LogP contribution in [-0.4, -0.2) is 45.8 Å². The standard InChI is InChI=1S/C22H27N5/c1-23-21-10-6-12-26(17-21)15-20-16-27(14-18-7-3-2-4-8-18)25-22(20)19-9-5-11-24-13-19/h2-5,7-9,11,13,16,21,23H,6,10,12,14-15,17H2,1H3. The SMILES string of the molecule is CNC1CCCN(Cc2cn(Cc3ccccc3)nc2-c2cccnc2)C1. The van der Waals surface area contributed by atoms with Crippen LogP contribution >= 0.6 is 0 Å². The molecule has 0 aliphatic carbocycles. The lowest BCUT2D eigenvalue weighted by Crippen LogP contribution is -2.43. The minimum Gasteiger partial charge on any atom is -0.316 e.